The Morgan fingerprint density at radius 1 is 1.26 bits per heavy atom. The van der Waals surface area contributed by atoms with Crippen LogP contribution in [0.2, 0.25) is 0 Å². The van der Waals surface area contributed by atoms with Crippen molar-refractivity contribution in [3.63, 3.8) is 0 Å². The second-order valence-corrected chi connectivity index (χ2v) is 8.05. The highest BCUT2D eigenvalue weighted by atomic mass is 35.5. The summed E-state index contributed by atoms with van der Waals surface area (Å²) >= 11 is 5.67. The first-order chi connectivity index (χ1) is 14.8. The molecular formula is C21H29ClN4O5. The van der Waals surface area contributed by atoms with E-state index in [1.54, 1.807) is 0 Å². The summed E-state index contributed by atoms with van der Waals surface area (Å²) in [5.74, 6) is -1.99. The molecule has 0 spiro atoms. The van der Waals surface area contributed by atoms with Crippen molar-refractivity contribution in [2.24, 2.45) is 11.8 Å². The Bertz CT molecular complexity index is 774. The number of halogens is 1. The number of amides is 4. The van der Waals surface area contributed by atoms with E-state index in [4.69, 9.17) is 16.3 Å². The number of nitrogens with zero attached hydrogens (tertiary/aromatic N) is 1. The molecule has 2 rings (SSSR count). The Kier molecular flexibility index (Phi) is 9.58. The molecule has 1 saturated heterocycles. The van der Waals surface area contributed by atoms with E-state index in [9.17, 15) is 19.2 Å². The van der Waals surface area contributed by atoms with E-state index >= 15 is 0 Å². The van der Waals surface area contributed by atoms with Crippen molar-refractivity contribution in [3.05, 3.63) is 35.9 Å². The van der Waals surface area contributed by atoms with Gasteiger partial charge in [0.05, 0.1) is 12.5 Å². The van der Waals surface area contributed by atoms with Crippen LogP contribution in [-0.2, 0) is 25.7 Å². The van der Waals surface area contributed by atoms with Gasteiger partial charge in [-0.25, -0.2) is 4.79 Å². The molecule has 9 nitrogen and oxygen atoms in total. The molecule has 1 heterocycles. The van der Waals surface area contributed by atoms with Gasteiger partial charge in [-0.2, -0.15) is 0 Å². The van der Waals surface area contributed by atoms with Gasteiger partial charge >= 0.3 is 6.09 Å². The maximum atomic E-state index is 12.9. The molecule has 1 aliphatic heterocycles. The molecule has 0 saturated carbocycles. The van der Waals surface area contributed by atoms with Crippen LogP contribution in [0, 0.1) is 11.8 Å². The highest BCUT2D eigenvalue weighted by Crippen LogP contribution is 2.12. The maximum absolute atomic E-state index is 12.9. The zero-order chi connectivity index (χ0) is 22.8. The standard InChI is InChI=1S/C21H29ClN4O5/c1-14(2)10-17(24-21(30)31-13-15-6-4-3-5-7-15)20(29)25-26(18(27)11-22)12-16-8-9-23-19(16)28/h3-7,14,16-17H,8-13H2,1-2H3,(H,23,28)(H,24,30)(H,25,29)/t16?,17-/m1/s1. The Labute approximate surface area is 186 Å². The van der Waals surface area contributed by atoms with Crippen molar-refractivity contribution >= 4 is 35.4 Å². The molecule has 1 unspecified atom stereocenters. The molecule has 0 bridgehead atoms. The molecule has 2 atom stereocenters. The van der Waals surface area contributed by atoms with Crippen molar-refractivity contribution in [2.45, 2.75) is 39.3 Å². The fraction of sp³-hybridized carbons (Fsp3) is 0.524. The third kappa shape index (κ3) is 8.09. The van der Waals surface area contributed by atoms with Crippen molar-refractivity contribution in [2.75, 3.05) is 19.0 Å². The molecule has 1 aromatic rings. The Morgan fingerprint density at radius 3 is 2.55 bits per heavy atom. The number of carbonyl (C=O) groups is 4. The van der Waals surface area contributed by atoms with Gasteiger partial charge in [0.25, 0.3) is 11.8 Å². The van der Waals surface area contributed by atoms with Crippen LogP contribution in [0.3, 0.4) is 0 Å². The molecule has 1 aromatic carbocycles. The van der Waals surface area contributed by atoms with Crippen molar-refractivity contribution < 1.29 is 23.9 Å². The van der Waals surface area contributed by atoms with Crippen LogP contribution in [0.5, 0.6) is 0 Å². The predicted molar refractivity (Wildman–Crippen MR) is 115 cm³/mol. The van der Waals surface area contributed by atoms with Crippen LogP contribution >= 0.6 is 11.6 Å². The lowest BCUT2D eigenvalue weighted by atomic mass is 10.0. The molecule has 3 N–H and O–H groups in total. The number of hydrazine groups is 1. The first kappa shape index (κ1) is 24.5. The van der Waals surface area contributed by atoms with Crippen molar-refractivity contribution in [1.29, 1.82) is 0 Å². The maximum Gasteiger partial charge on any atom is 0.408 e. The number of benzene rings is 1. The van der Waals surface area contributed by atoms with Crippen molar-refractivity contribution in [3.8, 4) is 0 Å². The fourth-order valence-corrected chi connectivity index (χ4v) is 3.29. The second-order valence-electron chi connectivity index (χ2n) is 7.78. The smallest absolute Gasteiger partial charge is 0.408 e. The lowest BCUT2D eigenvalue weighted by Crippen LogP contribution is -2.56. The number of hydrogen-bond donors (Lipinski definition) is 3. The first-order valence-electron chi connectivity index (χ1n) is 10.2. The van der Waals surface area contributed by atoms with Crippen molar-refractivity contribution in [1.82, 2.24) is 21.1 Å². The van der Waals surface area contributed by atoms with E-state index in [2.05, 4.69) is 16.1 Å². The molecule has 0 radical (unpaired) electrons. The molecule has 0 aromatic heterocycles. The largest absolute Gasteiger partial charge is 0.445 e. The SMILES string of the molecule is CC(C)C[C@@H](NC(=O)OCc1ccccc1)C(=O)NN(CC1CCNC1=O)C(=O)CCl. The van der Waals surface area contributed by atoms with Gasteiger partial charge in [-0.05, 0) is 24.3 Å². The molecule has 0 aliphatic carbocycles. The molecule has 1 aliphatic rings. The average molecular weight is 453 g/mol. The third-order valence-corrected chi connectivity index (χ3v) is 4.98. The number of nitrogens with one attached hydrogen (secondary N) is 3. The normalized spacial score (nSPS) is 16.4. The zero-order valence-corrected chi connectivity index (χ0v) is 18.5. The summed E-state index contributed by atoms with van der Waals surface area (Å²) < 4.78 is 5.20. The van der Waals surface area contributed by atoms with Crippen LogP contribution in [0.1, 0.15) is 32.3 Å². The number of ether oxygens (including phenoxy) is 1. The summed E-state index contributed by atoms with van der Waals surface area (Å²) in [6.07, 6.45) is 0.148. The zero-order valence-electron chi connectivity index (χ0n) is 17.7. The van der Waals surface area contributed by atoms with Gasteiger partial charge in [-0.15, -0.1) is 11.6 Å². The number of rotatable bonds is 9. The summed E-state index contributed by atoms with van der Waals surface area (Å²) in [5.41, 5.74) is 3.33. The van der Waals surface area contributed by atoms with E-state index in [0.29, 0.717) is 19.4 Å². The summed E-state index contributed by atoms with van der Waals surface area (Å²) in [6, 6.07) is 8.24. The Balaban J connectivity index is 1.99. The highest BCUT2D eigenvalue weighted by Gasteiger charge is 2.31. The van der Waals surface area contributed by atoms with E-state index in [0.717, 1.165) is 10.6 Å². The minimum absolute atomic E-state index is 0.00990. The summed E-state index contributed by atoms with van der Waals surface area (Å²) in [4.78, 5) is 49.2. The quantitative estimate of drug-likeness (QED) is 0.388. The molecule has 170 valence electrons. The third-order valence-electron chi connectivity index (χ3n) is 4.75. The second kappa shape index (κ2) is 12.1. The molecule has 31 heavy (non-hydrogen) atoms. The van der Waals surface area contributed by atoms with Gasteiger partial charge in [-0.3, -0.25) is 24.8 Å². The summed E-state index contributed by atoms with van der Waals surface area (Å²) in [6.45, 7) is 4.40. The monoisotopic (exact) mass is 452 g/mol. The fourth-order valence-electron chi connectivity index (χ4n) is 3.14. The minimum Gasteiger partial charge on any atom is -0.445 e. The number of carbonyl (C=O) groups excluding carboxylic acids is 4. The number of alkyl carbamates (subject to hydrolysis) is 1. The van der Waals surface area contributed by atoms with Crippen LogP contribution in [0.25, 0.3) is 0 Å². The molecule has 1 fully saturated rings. The van der Waals surface area contributed by atoms with Gasteiger partial charge in [0.2, 0.25) is 5.91 Å². The first-order valence-corrected chi connectivity index (χ1v) is 10.7. The predicted octanol–water partition coefficient (Wildman–Crippen LogP) is 1.56. The molecular weight excluding hydrogens is 424 g/mol. The molecule has 4 amide bonds. The van der Waals surface area contributed by atoms with Gasteiger partial charge in [0.15, 0.2) is 0 Å². The summed E-state index contributed by atoms with van der Waals surface area (Å²) in [5, 5.41) is 6.30. The van der Waals surface area contributed by atoms with Gasteiger partial charge < -0.3 is 15.4 Å². The van der Waals surface area contributed by atoms with E-state index in [1.165, 1.54) is 0 Å². The molecule has 10 heteroatoms. The van der Waals surface area contributed by atoms with Gasteiger partial charge in [0, 0.05) is 6.54 Å². The van der Waals surface area contributed by atoms with E-state index < -0.39 is 29.9 Å². The van der Waals surface area contributed by atoms with Crippen LogP contribution in [-0.4, -0.2) is 53.8 Å². The Hall–Kier alpha value is -2.81. The lowest BCUT2D eigenvalue weighted by molar-refractivity contribution is -0.142. The summed E-state index contributed by atoms with van der Waals surface area (Å²) in [7, 11) is 0. The van der Waals surface area contributed by atoms with Gasteiger partial charge in [-0.1, -0.05) is 44.2 Å². The Morgan fingerprint density at radius 2 is 1.97 bits per heavy atom. The van der Waals surface area contributed by atoms with Gasteiger partial charge in [0.1, 0.15) is 18.5 Å². The number of hydrogen-bond acceptors (Lipinski definition) is 5. The topological polar surface area (TPSA) is 117 Å². The number of alkyl halides is 1. The van der Waals surface area contributed by atoms with Crippen LogP contribution < -0.4 is 16.1 Å². The van der Waals surface area contributed by atoms with E-state index in [-0.39, 0.29) is 30.9 Å². The lowest BCUT2D eigenvalue weighted by Gasteiger charge is -2.27. The minimum atomic E-state index is -0.925. The average Bonchev–Trinajstić information content (AvgIpc) is 3.15. The van der Waals surface area contributed by atoms with Crippen LogP contribution in [0.15, 0.2) is 30.3 Å². The van der Waals surface area contributed by atoms with Crippen LogP contribution in [0.4, 0.5) is 4.79 Å². The van der Waals surface area contributed by atoms with E-state index in [1.807, 2.05) is 44.2 Å². The highest BCUT2D eigenvalue weighted by molar-refractivity contribution is 6.27.